The number of ether oxygens (including phenoxy) is 1. The van der Waals surface area contributed by atoms with Crippen LogP contribution in [0.15, 0.2) is 54.2 Å². The second kappa shape index (κ2) is 6.92. The summed E-state index contributed by atoms with van der Waals surface area (Å²) in [6.07, 6.45) is 1.82. The van der Waals surface area contributed by atoms with Gasteiger partial charge in [-0.15, -0.1) is 0 Å². The Morgan fingerprint density at radius 3 is 2.42 bits per heavy atom. The maximum Gasteiger partial charge on any atom is 0.281 e. The summed E-state index contributed by atoms with van der Waals surface area (Å²) in [4.78, 5) is 14.3. The molecule has 0 unspecified atom stereocenters. The second-order valence-electron chi connectivity index (χ2n) is 7.20. The van der Waals surface area contributed by atoms with Gasteiger partial charge in [-0.05, 0) is 47.0 Å². The number of hydrogen-bond donors (Lipinski definition) is 1. The van der Waals surface area contributed by atoms with Gasteiger partial charge in [0.2, 0.25) is 0 Å². The third-order valence-electron chi connectivity index (χ3n) is 4.28. The highest BCUT2D eigenvalue weighted by Gasteiger charge is 2.32. The van der Waals surface area contributed by atoms with Gasteiger partial charge < -0.3 is 10.1 Å². The number of thiocarbonyl (C=S) groups is 1. The Morgan fingerprint density at radius 2 is 1.81 bits per heavy atom. The third kappa shape index (κ3) is 3.63. The summed E-state index contributed by atoms with van der Waals surface area (Å²) in [5, 5.41) is 3.37. The highest BCUT2D eigenvalue weighted by Crippen LogP contribution is 2.27. The minimum absolute atomic E-state index is 0.0951. The van der Waals surface area contributed by atoms with Crippen molar-refractivity contribution in [3.05, 3.63) is 65.4 Å². The highest BCUT2D eigenvalue weighted by atomic mass is 32.1. The molecule has 134 valence electrons. The molecule has 5 heteroatoms. The van der Waals surface area contributed by atoms with Gasteiger partial charge in [-0.25, -0.2) is 0 Å². The Balaban J connectivity index is 1.87. The van der Waals surface area contributed by atoms with E-state index >= 15 is 0 Å². The van der Waals surface area contributed by atoms with Gasteiger partial charge >= 0.3 is 0 Å². The van der Waals surface area contributed by atoms with E-state index in [2.05, 4.69) is 38.2 Å². The van der Waals surface area contributed by atoms with Gasteiger partial charge in [0.15, 0.2) is 5.11 Å². The molecule has 1 amide bonds. The summed E-state index contributed by atoms with van der Waals surface area (Å²) in [6.45, 7) is 6.52. The molecule has 26 heavy (non-hydrogen) atoms. The van der Waals surface area contributed by atoms with Crippen molar-refractivity contribution in [2.45, 2.75) is 26.2 Å². The van der Waals surface area contributed by atoms with Crippen molar-refractivity contribution in [3.8, 4) is 5.75 Å². The predicted molar refractivity (Wildman–Crippen MR) is 109 cm³/mol. The summed E-state index contributed by atoms with van der Waals surface area (Å²) >= 11 is 5.35. The second-order valence-corrected chi connectivity index (χ2v) is 7.59. The SMILES string of the molecule is COc1cccc(N2C(=O)C(=Cc3ccc(C(C)(C)C)cc3)NC2=S)c1. The lowest BCUT2D eigenvalue weighted by Gasteiger charge is -2.18. The zero-order valence-corrected chi connectivity index (χ0v) is 16.2. The van der Waals surface area contributed by atoms with Crippen molar-refractivity contribution in [1.29, 1.82) is 0 Å². The molecule has 0 bridgehead atoms. The van der Waals surface area contributed by atoms with Gasteiger partial charge in [0.25, 0.3) is 5.91 Å². The summed E-state index contributed by atoms with van der Waals surface area (Å²) < 4.78 is 5.23. The van der Waals surface area contributed by atoms with Crippen molar-refractivity contribution >= 4 is 35.0 Å². The predicted octanol–water partition coefficient (Wildman–Crippen LogP) is 4.25. The van der Waals surface area contributed by atoms with Gasteiger partial charge in [0.1, 0.15) is 11.4 Å². The average molecular weight is 366 g/mol. The number of amides is 1. The topological polar surface area (TPSA) is 41.6 Å². The number of hydrogen-bond acceptors (Lipinski definition) is 3. The van der Waals surface area contributed by atoms with Gasteiger partial charge in [0, 0.05) is 6.07 Å². The Morgan fingerprint density at radius 1 is 1.12 bits per heavy atom. The Hall–Kier alpha value is -2.66. The first kappa shape index (κ1) is 18.1. The molecule has 1 aliphatic heterocycles. The molecular weight excluding hydrogens is 344 g/mol. The molecule has 2 aromatic rings. The maximum absolute atomic E-state index is 12.8. The maximum atomic E-state index is 12.8. The standard InChI is InChI=1S/C21H22N2O2S/c1-21(2,3)15-10-8-14(9-11-15)12-18-19(24)23(20(26)22-18)16-6-5-7-17(13-16)25-4/h5-13H,1-4H3,(H,22,26). The molecule has 1 N–H and O–H groups in total. The van der Waals surface area contributed by atoms with E-state index in [1.165, 1.54) is 10.5 Å². The van der Waals surface area contributed by atoms with Crippen LogP contribution in [0.25, 0.3) is 6.08 Å². The zero-order chi connectivity index (χ0) is 18.9. The van der Waals surface area contributed by atoms with Crippen LogP contribution in [0.4, 0.5) is 5.69 Å². The number of anilines is 1. The molecule has 1 aliphatic rings. The fourth-order valence-electron chi connectivity index (χ4n) is 2.77. The molecule has 0 atom stereocenters. The molecule has 0 saturated carbocycles. The van der Waals surface area contributed by atoms with Crippen LogP contribution in [0, 0.1) is 0 Å². The number of nitrogens with one attached hydrogen (secondary N) is 1. The number of benzene rings is 2. The smallest absolute Gasteiger partial charge is 0.281 e. The first-order chi connectivity index (χ1) is 12.3. The highest BCUT2D eigenvalue weighted by molar-refractivity contribution is 7.80. The van der Waals surface area contributed by atoms with Crippen molar-refractivity contribution in [1.82, 2.24) is 5.32 Å². The molecule has 0 radical (unpaired) electrons. The number of rotatable bonds is 3. The fourth-order valence-corrected chi connectivity index (χ4v) is 3.06. The largest absolute Gasteiger partial charge is 0.497 e. The van der Waals surface area contributed by atoms with E-state index in [0.717, 1.165) is 5.56 Å². The van der Waals surface area contributed by atoms with Crippen molar-refractivity contribution in [2.24, 2.45) is 0 Å². The third-order valence-corrected chi connectivity index (χ3v) is 4.56. The van der Waals surface area contributed by atoms with Crippen LogP contribution < -0.4 is 15.0 Å². The van der Waals surface area contributed by atoms with Crippen LogP contribution in [-0.2, 0) is 10.2 Å². The molecule has 2 aromatic carbocycles. The minimum atomic E-state index is -0.178. The summed E-state index contributed by atoms with van der Waals surface area (Å²) in [7, 11) is 1.59. The van der Waals surface area contributed by atoms with Crippen LogP contribution in [0.2, 0.25) is 0 Å². The molecule has 0 aromatic heterocycles. The van der Waals surface area contributed by atoms with Crippen molar-refractivity contribution in [3.63, 3.8) is 0 Å². The Labute approximate surface area is 159 Å². The minimum Gasteiger partial charge on any atom is -0.497 e. The average Bonchev–Trinajstić information content (AvgIpc) is 2.88. The van der Waals surface area contributed by atoms with Crippen molar-refractivity contribution in [2.75, 3.05) is 12.0 Å². The first-order valence-electron chi connectivity index (χ1n) is 8.41. The molecular formula is C21H22N2O2S. The summed E-state index contributed by atoms with van der Waals surface area (Å²) in [5.41, 5.74) is 3.43. The van der Waals surface area contributed by atoms with E-state index in [-0.39, 0.29) is 11.3 Å². The van der Waals surface area contributed by atoms with Crippen LogP contribution in [0.5, 0.6) is 5.75 Å². The number of carbonyl (C=O) groups excluding carboxylic acids is 1. The number of methoxy groups -OCH3 is 1. The van der Waals surface area contributed by atoms with E-state index < -0.39 is 0 Å². The van der Waals surface area contributed by atoms with Crippen molar-refractivity contribution < 1.29 is 9.53 Å². The van der Waals surface area contributed by atoms with Gasteiger partial charge in [-0.2, -0.15) is 0 Å². The Kier molecular flexibility index (Phi) is 4.83. The molecule has 0 spiro atoms. The van der Waals surface area contributed by atoms with E-state index in [1.54, 1.807) is 13.2 Å². The molecule has 1 saturated heterocycles. The van der Waals surface area contributed by atoms with Gasteiger partial charge in [0.05, 0.1) is 12.8 Å². The number of nitrogens with zero attached hydrogens (tertiary/aromatic N) is 1. The molecule has 0 aliphatic carbocycles. The molecule has 1 fully saturated rings. The zero-order valence-electron chi connectivity index (χ0n) is 15.4. The van der Waals surface area contributed by atoms with E-state index in [9.17, 15) is 4.79 Å². The van der Waals surface area contributed by atoms with E-state index in [0.29, 0.717) is 22.2 Å². The van der Waals surface area contributed by atoms with Crippen LogP contribution >= 0.6 is 12.2 Å². The fraction of sp³-hybridized carbons (Fsp3) is 0.238. The van der Waals surface area contributed by atoms with Crippen LogP contribution in [0.3, 0.4) is 0 Å². The van der Waals surface area contributed by atoms with Gasteiger partial charge in [-0.1, -0.05) is 51.1 Å². The molecule has 1 heterocycles. The summed E-state index contributed by atoms with van der Waals surface area (Å²) in [5.74, 6) is 0.497. The van der Waals surface area contributed by atoms with Crippen LogP contribution in [0.1, 0.15) is 31.9 Å². The van der Waals surface area contributed by atoms with Crippen LogP contribution in [-0.4, -0.2) is 18.1 Å². The molecule has 4 nitrogen and oxygen atoms in total. The Bertz CT molecular complexity index is 880. The first-order valence-corrected chi connectivity index (χ1v) is 8.82. The quantitative estimate of drug-likeness (QED) is 0.651. The molecule has 3 rings (SSSR count). The monoisotopic (exact) mass is 366 g/mol. The summed E-state index contributed by atoms with van der Waals surface area (Å²) in [6, 6.07) is 15.5. The lowest BCUT2D eigenvalue weighted by Crippen LogP contribution is -2.30. The lowest BCUT2D eigenvalue weighted by molar-refractivity contribution is -0.113. The van der Waals surface area contributed by atoms with Gasteiger partial charge in [-0.3, -0.25) is 9.69 Å². The van der Waals surface area contributed by atoms with E-state index in [4.69, 9.17) is 17.0 Å². The van der Waals surface area contributed by atoms with E-state index in [1.807, 2.05) is 36.4 Å². The lowest BCUT2D eigenvalue weighted by atomic mass is 9.87. The number of carbonyl (C=O) groups is 1. The normalized spacial score (nSPS) is 16.2.